The Bertz CT molecular complexity index is 448. The van der Waals surface area contributed by atoms with E-state index in [4.69, 9.17) is 0 Å². The molecule has 3 heterocycles. The van der Waals surface area contributed by atoms with Gasteiger partial charge in [-0.15, -0.1) is 0 Å². The highest BCUT2D eigenvalue weighted by Gasteiger charge is 1.89. The van der Waals surface area contributed by atoms with Gasteiger partial charge in [0.25, 0.3) is 0 Å². The normalized spacial score (nSPS) is 9.33. The van der Waals surface area contributed by atoms with E-state index >= 15 is 0 Å². The monoisotopic (exact) mass is 199 g/mol. The van der Waals surface area contributed by atoms with Gasteiger partial charge in [0, 0.05) is 18.6 Å². The average Bonchev–Trinajstić information content (AvgIpc) is 2.80. The topological polar surface area (TPSA) is 67.3 Å². The largest absolute Gasteiger partial charge is 0.359 e. The number of fused-ring (bicyclic) bond motifs is 1. The van der Waals surface area contributed by atoms with Gasteiger partial charge in [-0.3, -0.25) is 0 Å². The van der Waals surface area contributed by atoms with Gasteiger partial charge in [-0.2, -0.15) is 0 Å². The minimum Gasteiger partial charge on any atom is -0.359 e. The van der Waals surface area contributed by atoms with Crippen molar-refractivity contribution in [1.82, 2.24) is 24.9 Å². The Morgan fingerprint density at radius 1 is 1.00 bits per heavy atom. The first-order chi connectivity index (χ1) is 7.47. The third-order valence-corrected chi connectivity index (χ3v) is 1.70. The van der Waals surface area contributed by atoms with Gasteiger partial charge in [0.15, 0.2) is 0 Å². The molecule has 74 valence electrons. The molecule has 0 unspecified atom stereocenters. The lowest BCUT2D eigenvalue weighted by molar-refractivity contribution is 1.17. The zero-order valence-electron chi connectivity index (χ0n) is 7.91. The van der Waals surface area contributed by atoms with Crippen LogP contribution in [0.2, 0.25) is 0 Å². The summed E-state index contributed by atoms with van der Waals surface area (Å²) >= 11 is 0. The van der Waals surface area contributed by atoms with E-state index in [1.807, 2.05) is 12.3 Å². The number of aromatic amines is 1. The fourth-order valence-electron chi connectivity index (χ4n) is 1.05. The lowest BCUT2D eigenvalue weighted by Crippen LogP contribution is -1.74. The van der Waals surface area contributed by atoms with E-state index in [0.717, 1.165) is 11.0 Å². The molecule has 5 heteroatoms. The molecule has 0 radical (unpaired) electrons. The van der Waals surface area contributed by atoms with E-state index in [-0.39, 0.29) is 0 Å². The van der Waals surface area contributed by atoms with E-state index in [2.05, 4.69) is 24.9 Å². The van der Waals surface area contributed by atoms with Crippen LogP contribution in [0.4, 0.5) is 0 Å². The summed E-state index contributed by atoms with van der Waals surface area (Å²) in [6.45, 7) is 0. The second-order valence-electron chi connectivity index (χ2n) is 2.70. The number of aromatic nitrogens is 5. The van der Waals surface area contributed by atoms with Crippen molar-refractivity contribution in [2.45, 2.75) is 0 Å². The SMILES string of the molecule is c1cncnc1.c1ncc2[nH]ccc2n1. The second kappa shape index (κ2) is 4.80. The van der Waals surface area contributed by atoms with E-state index in [1.54, 1.807) is 24.7 Å². The predicted molar refractivity (Wildman–Crippen MR) is 55.9 cm³/mol. The van der Waals surface area contributed by atoms with Gasteiger partial charge < -0.3 is 4.98 Å². The molecule has 0 aliphatic heterocycles. The fraction of sp³-hybridized carbons (Fsp3) is 0. The number of H-pyrrole nitrogens is 1. The van der Waals surface area contributed by atoms with E-state index in [9.17, 15) is 0 Å². The molecule has 3 aromatic heterocycles. The Hall–Kier alpha value is -2.30. The second-order valence-corrected chi connectivity index (χ2v) is 2.70. The lowest BCUT2D eigenvalue weighted by Gasteiger charge is -1.82. The highest BCUT2D eigenvalue weighted by Crippen LogP contribution is 2.03. The Morgan fingerprint density at radius 2 is 1.87 bits per heavy atom. The molecule has 0 atom stereocenters. The van der Waals surface area contributed by atoms with Crippen LogP contribution in [-0.2, 0) is 0 Å². The quantitative estimate of drug-likeness (QED) is 0.594. The standard InChI is InChI=1S/C6H5N3.C4H4N2/c1-2-8-6-3-7-4-9-5(1)6;1-2-5-4-6-3-1/h1-4,8H;1-4H. The number of nitrogens with one attached hydrogen (secondary N) is 1. The minimum atomic E-state index is 0.963. The molecule has 0 aromatic carbocycles. The molecule has 0 saturated heterocycles. The molecule has 0 fully saturated rings. The summed E-state index contributed by atoms with van der Waals surface area (Å²) in [4.78, 5) is 18.2. The van der Waals surface area contributed by atoms with Crippen molar-refractivity contribution in [3.05, 3.63) is 49.6 Å². The maximum atomic E-state index is 4.00. The van der Waals surface area contributed by atoms with E-state index in [0.29, 0.717) is 0 Å². The summed E-state index contributed by atoms with van der Waals surface area (Å²) in [5, 5.41) is 0. The first kappa shape index (κ1) is 9.26. The van der Waals surface area contributed by atoms with Crippen LogP contribution >= 0.6 is 0 Å². The van der Waals surface area contributed by atoms with Crippen molar-refractivity contribution in [3.63, 3.8) is 0 Å². The summed E-state index contributed by atoms with van der Waals surface area (Å²) < 4.78 is 0. The summed E-state index contributed by atoms with van der Waals surface area (Å²) in [5.41, 5.74) is 1.95. The molecule has 0 saturated carbocycles. The van der Waals surface area contributed by atoms with Gasteiger partial charge in [0.2, 0.25) is 0 Å². The van der Waals surface area contributed by atoms with Crippen LogP contribution in [0.25, 0.3) is 11.0 Å². The van der Waals surface area contributed by atoms with Crippen molar-refractivity contribution in [2.24, 2.45) is 0 Å². The van der Waals surface area contributed by atoms with E-state index in [1.165, 1.54) is 12.7 Å². The fourth-order valence-corrected chi connectivity index (χ4v) is 1.05. The third kappa shape index (κ3) is 2.57. The van der Waals surface area contributed by atoms with Gasteiger partial charge in [-0.25, -0.2) is 19.9 Å². The third-order valence-electron chi connectivity index (χ3n) is 1.70. The van der Waals surface area contributed by atoms with Crippen LogP contribution in [0.1, 0.15) is 0 Å². The van der Waals surface area contributed by atoms with Crippen molar-refractivity contribution < 1.29 is 0 Å². The van der Waals surface area contributed by atoms with E-state index < -0.39 is 0 Å². The van der Waals surface area contributed by atoms with Crippen molar-refractivity contribution >= 4 is 11.0 Å². The highest BCUT2D eigenvalue weighted by molar-refractivity contribution is 5.72. The van der Waals surface area contributed by atoms with Crippen LogP contribution in [0.3, 0.4) is 0 Å². The summed E-state index contributed by atoms with van der Waals surface area (Å²) in [6.07, 6.45) is 10.0. The molecule has 0 spiro atoms. The Kier molecular flexibility index (Phi) is 2.97. The number of nitrogens with zero attached hydrogens (tertiary/aromatic N) is 4. The zero-order chi connectivity index (χ0) is 10.3. The van der Waals surface area contributed by atoms with Crippen LogP contribution in [-0.4, -0.2) is 24.9 Å². The maximum absolute atomic E-state index is 4.00. The molecule has 0 bridgehead atoms. The van der Waals surface area contributed by atoms with Gasteiger partial charge >= 0.3 is 0 Å². The number of rotatable bonds is 0. The first-order valence-corrected chi connectivity index (χ1v) is 4.40. The number of hydrogen-bond acceptors (Lipinski definition) is 4. The van der Waals surface area contributed by atoms with Crippen molar-refractivity contribution in [1.29, 1.82) is 0 Å². The van der Waals surface area contributed by atoms with Crippen molar-refractivity contribution in [2.75, 3.05) is 0 Å². The zero-order valence-corrected chi connectivity index (χ0v) is 7.91. The van der Waals surface area contributed by atoms with Gasteiger partial charge in [0.05, 0.1) is 17.2 Å². The molecule has 5 nitrogen and oxygen atoms in total. The summed E-state index contributed by atoms with van der Waals surface area (Å²) in [6, 6.07) is 3.69. The van der Waals surface area contributed by atoms with Gasteiger partial charge in [0.1, 0.15) is 12.7 Å². The maximum Gasteiger partial charge on any atom is 0.116 e. The van der Waals surface area contributed by atoms with Crippen LogP contribution in [0.15, 0.2) is 49.6 Å². The molecule has 15 heavy (non-hydrogen) atoms. The first-order valence-electron chi connectivity index (χ1n) is 4.40. The lowest BCUT2D eigenvalue weighted by atomic mass is 10.5. The molecule has 3 rings (SSSR count). The molecule has 0 aliphatic rings. The van der Waals surface area contributed by atoms with Crippen LogP contribution in [0, 0.1) is 0 Å². The smallest absolute Gasteiger partial charge is 0.116 e. The predicted octanol–water partition coefficient (Wildman–Crippen LogP) is 1.43. The Balaban J connectivity index is 0.000000124. The Morgan fingerprint density at radius 3 is 2.47 bits per heavy atom. The number of hydrogen-bond donors (Lipinski definition) is 1. The van der Waals surface area contributed by atoms with Gasteiger partial charge in [-0.1, -0.05) is 0 Å². The highest BCUT2D eigenvalue weighted by atomic mass is 14.9. The van der Waals surface area contributed by atoms with Crippen molar-refractivity contribution in [3.8, 4) is 0 Å². The average molecular weight is 199 g/mol. The minimum absolute atomic E-state index is 0.963. The van der Waals surface area contributed by atoms with Gasteiger partial charge in [-0.05, 0) is 12.1 Å². The Labute approximate surface area is 86.3 Å². The molecular weight excluding hydrogens is 190 g/mol. The summed E-state index contributed by atoms with van der Waals surface area (Å²) in [5.74, 6) is 0. The van der Waals surface area contributed by atoms with Crippen LogP contribution < -0.4 is 0 Å². The summed E-state index contributed by atoms with van der Waals surface area (Å²) in [7, 11) is 0. The molecule has 0 aliphatic carbocycles. The van der Waals surface area contributed by atoms with Crippen LogP contribution in [0.5, 0.6) is 0 Å². The molecule has 1 N–H and O–H groups in total. The molecular formula is C10H9N5. The molecule has 0 amide bonds. The molecule has 3 aromatic rings.